The molecule has 5 rings (SSSR count). The summed E-state index contributed by atoms with van der Waals surface area (Å²) in [6.07, 6.45) is 14.6. The molecule has 1 unspecified atom stereocenters. The number of piperazine rings is 1. The van der Waals surface area contributed by atoms with E-state index in [1.807, 2.05) is 43.5 Å². The summed E-state index contributed by atoms with van der Waals surface area (Å²) in [4.78, 5) is 19.8. The van der Waals surface area contributed by atoms with Gasteiger partial charge in [0.2, 0.25) is 0 Å². The van der Waals surface area contributed by atoms with Crippen molar-refractivity contribution in [2.24, 2.45) is 0 Å². The van der Waals surface area contributed by atoms with E-state index in [9.17, 15) is 4.79 Å². The van der Waals surface area contributed by atoms with E-state index >= 15 is 0 Å². The van der Waals surface area contributed by atoms with Crippen molar-refractivity contribution in [2.45, 2.75) is 45.3 Å². The van der Waals surface area contributed by atoms with E-state index < -0.39 is 0 Å². The summed E-state index contributed by atoms with van der Waals surface area (Å²) in [5.41, 5.74) is 6.12. The molecule has 7 heteroatoms. The smallest absolute Gasteiger partial charge is 0.307 e. The van der Waals surface area contributed by atoms with Gasteiger partial charge >= 0.3 is 5.97 Å². The molecule has 0 saturated carbocycles. The zero-order valence-corrected chi connectivity index (χ0v) is 24.2. The van der Waals surface area contributed by atoms with Crippen molar-refractivity contribution < 1.29 is 9.53 Å². The van der Waals surface area contributed by atoms with Gasteiger partial charge in [-0.2, -0.15) is 0 Å². The van der Waals surface area contributed by atoms with Crippen LogP contribution in [0.15, 0.2) is 72.6 Å². The molecule has 214 valence electrons. The Hall–Kier alpha value is -3.94. The van der Waals surface area contributed by atoms with E-state index in [0.29, 0.717) is 6.42 Å². The van der Waals surface area contributed by atoms with Crippen molar-refractivity contribution in [1.29, 1.82) is 0 Å². The molecule has 0 amide bonds. The third kappa shape index (κ3) is 7.43. The van der Waals surface area contributed by atoms with Gasteiger partial charge in [-0.05, 0) is 86.1 Å². The molecule has 1 aromatic carbocycles. The number of pyridine rings is 1. The monoisotopic (exact) mass is 551 g/mol. The average molecular weight is 552 g/mol. The van der Waals surface area contributed by atoms with Crippen LogP contribution in [0.1, 0.15) is 43.1 Å². The Morgan fingerprint density at radius 2 is 2.02 bits per heavy atom. The predicted octanol–water partition coefficient (Wildman–Crippen LogP) is 2.99. The van der Waals surface area contributed by atoms with Crippen LogP contribution < -0.4 is 26.4 Å². The molecule has 4 heterocycles. The second-order valence-electron chi connectivity index (χ2n) is 10.8. The van der Waals surface area contributed by atoms with Crippen LogP contribution in [0, 0.1) is 6.92 Å². The lowest BCUT2D eigenvalue weighted by atomic mass is 9.99. The average Bonchev–Trinajstić information content (AvgIpc) is 3.24. The van der Waals surface area contributed by atoms with Crippen LogP contribution in [-0.4, -0.2) is 60.7 Å². The third-order valence-corrected chi connectivity index (χ3v) is 7.79. The Morgan fingerprint density at radius 3 is 2.83 bits per heavy atom. The summed E-state index contributed by atoms with van der Waals surface area (Å²) in [5, 5.41) is 12.3. The minimum atomic E-state index is -0.110. The Labute approximate surface area is 243 Å². The normalized spacial score (nSPS) is 20.6. The fraction of sp³-hybridized carbons (Fsp3) is 0.353. The number of piperidine rings is 1. The molecule has 41 heavy (non-hydrogen) atoms. The van der Waals surface area contributed by atoms with Crippen molar-refractivity contribution >= 4 is 29.9 Å². The van der Waals surface area contributed by atoms with Crippen molar-refractivity contribution in [3.63, 3.8) is 0 Å². The van der Waals surface area contributed by atoms with E-state index in [2.05, 4.69) is 70.8 Å². The highest BCUT2D eigenvalue weighted by Crippen LogP contribution is 2.25. The Kier molecular flexibility index (Phi) is 9.49. The fourth-order valence-electron chi connectivity index (χ4n) is 5.59. The number of rotatable bonds is 7. The van der Waals surface area contributed by atoms with Crippen LogP contribution >= 0.6 is 0 Å². The summed E-state index contributed by atoms with van der Waals surface area (Å²) in [6, 6.07) is 12.5. The lowest BCUT2D eigenvalue weighted by Crippen LogP contribution is -2.51. The summed E-state index contributed by atoms with van der Waals surface area (Å²) in [6.45, 7) is 12.7. The van der Waals surface area contributed by atoms with Gasteiger partial charge in [0.25, 0.3) is 0 Å². The first-order chi connectivity index (χ1) is 20.0. The van der Waals surface area contributed by atoms with Gasteiger partial charge in [-0.3, -0.25) is 9.78 Å². The van der Waals surface area contributed by atoms with Gasteiger partial charge in [0.1, 0.15) is 6.10 Å². The summed E-state index contributed by atoms with van der Waals surface area (Å²) in [5.74, 6) is -0.110. The number of allylic oxidation sites excluding steroid dienone is 6. The fourth-order valence-corrected chi connectivity index (χ4v) is 5.59. The van der Waals surface area contributed by atoms with Crippen LogP contribution in [0.25, 0.3) is 23.9 Å². The van der Waals surface area contributed by atoms with Gasteiger partial charge in [-0.1, -0.05) is 43.0 Å². The van der Waals surface area contributed by atoms with Gasteiger partial charge in [-0.25, -0.2) is 0 Å². The van der Waals surface area contributed by atoms with E-state index in [1.54, 1.807) is 0 Å². The number of aromatic nitrogens is 1. The molecule has 2 saturated heterocycles. The van der Waals surface area contributed by atoms with Crippen LogP contribution in [0.5, 0.6) is 0 Å². The molecule has 0 spiro atoms. The second-order valence-corrected chi connectivity index (χ2v) is 10.8. The van der Waals surface area contributed by atoms with E-state index in [4.69, 9.17) is 9.72 Å². The first-order valence-electron chi connectivity index (χ1n) is 14.6. The lowest BCUT2D eigenvalue weighted by molar-refractivity contribution is -0.151. The maximum Gasteiger partial charge on any atom is 0.307 e. The standard InChI is InChI=1S/C34H41N5O2/c1-4-29(39-19-18-36-28(23-39)22-33(40)41-30-13-16-35-17-14-30)21-27-20-26(12-11-24(27)2)31-9-5-6-15-37-34(31)32-10-7-8-25(3)38-32/h4-12,15,20-21,28,30,35-37H,2,13-14,16-19,22-23H2,1,3H3/b27-21-,29-4+. The van der Waals surface area contributed by atoms with Crippen molar-refractivity contribution in [1.82, 2.24) is 25.8 Å². The highest BCUT2D eigenvalue weighted by atomic mass is 16.5. The lowest BCUT2D eigenvalue weighted by Gasteiger charge is -2.36. The molecule has 0 bridgehead atoms. The molecule has 0 radical (unpaired) electrons. The number of hydrogen-bond donors (Lipinski definition) is 3. The Balaban J connectivity index is 1.37. The molecule has 3 aliphatic heterocycles. The largest absolute Gasteiger partial charge is 0.462 e. The second kappa shape index (κ2) is 13.6. The zero-order chi connectivity index (χ0) is 28.6. The molecular formula is C34H41N5O2. The Morgan fingerprint density at radius 1 is 1.17 bits per heavy atom. The molecule has 3 aliphatic rings. The highest BCUT2D eigenvalue weighted by Gasteiger charge is 2.25. The molecule has 3 N–H and O–H groups in total. The van der Waals surface area contributed by atoms with Gasteiger partial charge in [0.05, 0.1) is 17.8 Å². The summed E-state index contributed by atoms with van der Waals surface area (Å²) >= 11 is 0. The molecule has 0 aliphatic carbocycles. The predicted molar refractivity (Wildman–Crippen MR) is 167 cm³/mol. The minimum absolute atomic E-state index is 0.0391. The van der Waals surface area contributed by atoms with Gasteiger partial charge in [0, 0.05) is 48.8 Å². The summed E-state index contributed by atoms with van der Waals surface area (Å²) in [7, 11) is 0. The number of nitrogens with one attached hydrogen (secondary N) is 3. The maximum atomic E-state index is 12.7. The topological polar surface area (TPSA) is 78.5 Å². The van der Waals surface area contributed by atoms with Gasteiger partial charge < -0.3 is 25.6 Å². The first kappa shape index (κ1) is 28.6. The maximum absolute atomic E-state index is 12.7. The van der Waals surface area contributed by atoms with E-state index in [1.165, 1.54) is 0 Å². The van der Waals surface area contributed by atoms with Gasteiger partial charge in [0.15, 0.2) is 0 Å². The molecule has 2 aromatic rings. The summed E-state index contributed by atoms with van der Waals surface area (Å²) < 4.78 is 5.76. The Bertz CT molecular complexity index is 1480. The minimum Gasteiger partial charge on any atom is -0.462 e. The number of esters is 1. The number of ether oxygens (including phenoxy) is 1. The third-order valence-electron chi connectivity index (χ3n) is 7.79. The van der Waals surface area contributed by atoms with E-state index in [0.717, 1.165) is 89.9 Å². The van der Waals surface area contributed by atoms with E-state index in [-0.39, 0.29) is 18.1 Å². The highest BCUT2D eigenvalue weighted by molar-refractivity contribution is 5.94. The number of benzene rings is 1. The van der Waals surface area contributed by atoms with Crippen molar-refractivity contribution in [3.8, 4) is 0 Å². The number of carbonyl (C=O) groups is 1. The first-order valence-corrected chi connectivity index (χ1v) is 14.6. The SMILES string of the molecule is C=c1ccc(C2=C(c3cccc(C)n3)NC=CC=C2)c/c1=C/C(=C\C)N1CCNC(CC(=O)OC2CCNCC2)C1. The molecule has 1 atom stereocenters. The number of aryl methyl sites for hydroxylation is 1. The number of nitrogens with zero attached hydrogens (tertiary/aromatic N) is 2. The zero-order valence-electron chi connectivity index (χ0n) is 24.2. The molecule has 1 aromatic heterocycles. The number of carbonyl (C=O) groups excluding carboxylic acids is 1. The quantitative estimate of drug-likeness (QED) is 0.457. The van der Waals surface area contributed by atoms with Crippen LogP contribution in [0.2, 0.25) is 0 Å². The van der Waals surface area contributed by atoms with Crippen LogP contribution in [0.3, 0.4) is 0 Å². The van der Waals surface area contributed by atoms with Crippen LogP contribution in [-0.2, 0) is 9.53 Å². The van der Waals surface area contributed by atoms with Crippen LogP contribution in [0.4, 0.5) is 0 Å². The molecular weight excluding hydrogens is 510 g/mol. The molecule has 7 nitrogen and oxygen atoms in total. The molecule has 2 fully saturated rings. The van der Waals surface area contributed by atoms with Crippen molar-refractivity contribution in [3.05, 3.63) is 100.0 Å². The number of hydrogen-bond acceptors (Lipinski definition) is 7. The van der Waals surface area contributed by atoms with Gasteiger partial charge in [-0.15, -0.1) is 0 Å². The van der Waals surface area contributed by atoms with Crippen molar-refractivity contribution in [2.75, 3.05) is 32.7 Å².